The Labute approximate surface area is 255 Å². The third-order valence-corrected chi connectivity index (χ3v) is 5.99. The largest absolute Gasteiger partial charge is 0.493 e. The lowest BCUT2D eigenvalue weighted by Gasteiger charge is -2.12. The summed E-state index contributed by atoms with van der Waals surface area (Å²) in [7, 11) is 0. The third kappa shape index (κ3) is 10.5. The van der Waals surface area contributed by atoms with Crippen LogP contribution in [0.25, 0.3) is 0 Å². The lowest BCUT2D eigenvalue weighted by molar-refractivity contribution is -0.138. The Bertz CT molecular complexity index is 1490. The highest BCUT2D eigenvalue weighted by Gasteiger charge is 2.15. The number of hydrogen-bond acceptors (Lipinski definition) is 10. The molecule has 0 heterocycles. The monoisotopic (exact) mass is 602 g/mol. The Morgan fingerprint density at radius 2 is 1.11 bits per heavy atom. The van der Waals surface area contributed by atoms with Gasteiger partial charge >= 0.3 is 23.9 Å². The molecular weight excluding hydrogens is 568 g/mol. The van der Waals surface area contributed by atoms with Gasteiger partial charge in [0.2, 0.25) is 0 Å². The lowest BCUT2D eigenvalue weighted by atomic mass is 10.1. The highest BCUT2D eigenvalue weighted by atomic mass is 16.5. The molecule has 10 nitrogen and oxygen atoms in total. The van der Waals surface area contributed by atoms with Gasteiger partial charge in [-0.2, -0.15) is 0 Å². The molecule has 0 aromatic heterocycles. The Kier molecular flexibility index (Phi) is 12.7. The van der Waals surface area contributed by atoms with Crippen molar-refractivity contribution < 1.29 is 47.6 Å². The van der Waals surface area contributed by atoms with Crippen LogP contribution in [0.2, 0.25) is 0 Å². The second-order valence-electron chi connectivity index (χ2n) is 9.36. The molecule has 3 aromatic rings. The van der Waals surface area contributed by atoms with E-state index >= 15 is 0 Å². The van der Waals surface area contributed by atoms with Gasteiger partial charge in [0.1, 0.15) is 23.0 Å². The fourth-order valence-electron chi connectivity index (χ4n) is 3.70. The molecule has 0 atom stereocenters. The number of esters is 4. The van der Waals surface area contributed by atoms with Crippen molar-refractivity contribution in [3.63, 3.8) is 0 Å². The summed E-state index contributed by atoms with van der Waals surface area (Å²) in [6.07, 6.45) is 3.22. The van der Waals surface area contributed by atoms with Crippen LogP contribution in [0.1, 0.15) is 44.7 Å². The molecule has 0 N–H and O–H groups in total. The van der Waals surface area contributed by atoms with Crippen molar-refractivity contribution in [2.45, 2.75) is 26.7 Å². The summed E-state index contributed by atoms with van der Waals surface area (Å²) in [5.74, 6) is -0.312. The first-order chi connectivity index (χ1) is 21.2. The van der Waals surface area contributed by atoms with Gasteiger partial charge in [-0.25, -0.2) is 19.2 Å². The molecule has 3 rings (SSSR count). The summed E-state index contributed by atoms with van der Waals surface area (Å²) in [4.78, 5) is 47.5. The number of ether oxygens (including phenoxy) is 6. The number of hydrogen-bond donors (Lipinski definition) is 0. The van der Waals surface area contributed by atoms with Crippen LogP contribution < -0.4 is 18.9 Å². The fourth-order valence-corrected chi connectivity index (χ4v) is 3.70. The molecule has 0 fully saturated rings. The Morgan fingerprint density at radius 1 is 0.591 bits per heavy atom. The van der Waals surface area contributed by atoms with Crippen LogP contribution in [0.3, 0.4) is 0 Å². The molecule has 0 aliphatic carbocycles. The van der Waals surface area contributed by atoms with Crippen LogP contribution in [-0.4, -0.2) is 50.3 Å². The van der Waals surface area contributed by atoms with Gasteiger partial charge in [0.05, 0.1) is 37.6 Å². The quantitative estimate of drug-likeness (QED) is 0.0868. The normalized spacial score (nSPS) is 10.2. The van der Waals surface area contributed by atoms with Crippen molar-refractivity contribution in [2.24, 2.45) is 0 Å². The van der Waals surface area contributed by atoms with Gasteiger partial charge in [0.15, 0.2) is 0 Å². The molecule has 0 aliphatic rings. The predicted octanol–water partition coefficient (Wildman–Crippen LogP) is 5.74. The molecule has 230 valence electrons. The maximum Gasteiger partial charge on any atom is 0.343 e. The molecule has 0 radical (unpaired) electrons. The zero-order valence-electron chi connectivity index (χ0n) is 24.7. The minimum Gasteiger partial charge on any atom is -0.493 e. The van der Waals surface area contributed by atoms with Crippen LogP contribution in [0, 0.1) is 13.8 Å². The molecule has 0 saturated carbocycles. The van der Waals surface area contributed by atoms with Gasteiger partial charge in [-0.3, -0.25) is 0 Å². The van der Waals surface area contributed by atoms with E-state index in [-0.39, 0.29) is 13.2 Å². The van der Waals surface area contributed by atoms with Gasteiger partial charge in [-0.05, 0) is 85.6 Å². The number of rotatable bonds is 16. The van der Waals surface area contributed by atoms with E-state index in [1.165, 1.54) is 0 Å². The maximum atomic E-state index is 12.8. The molecule has 0 bridgehead atoms. The SMILES string of the molecule is C=CC(=O)OCCCOc1ccc(C(=O)Oc2ccc(OC(=O)c3ccc(OCCCOC(=O)C=C)c(C)c3)c(C)c2)cc1. The fraction of sp³-hybridized carbons (Fsp3) is 0.235. The summed E-state index contributed by atoms with van der Waals surface area (Å²) < 4.78 is 32.1. The average molecular weight is 603 g/mol. The predicted molar refractivity (Wildman–Crippen MR) is 161 cm³/mol. The van der Waals surface area contributed by atoms with Crippen molar-refractivity contribution in [3.8, 4) is 23.0 Å². The van der Waals surface area contributed by atoms with E-state index < -0.39 is 23.9 Å². The summed E-state index contributed by atoms with van der Waals surface area (Å²) in [6.45, 7) is 11.3. The van der Waals surface area contributed by atoms with Gasteiger partial charge in [-0.15, -0.1) is 0 Å². The van der Waals surface area contributed by atoms with E-state index in [4.69, 9.17) is 28.4 Å². The molecule has 0 saturated heterocycles. The summed E-state index contributed by atoms with van der Waals surface area (Å²) in [5.41, 5.74) is 2.00. The minimum absolute atomic E-state index is 0.217. The van der Waals surface area contributed by atoms with Crippen LogP contribution >= 0.6 is 0 Å². The number of carbonyl (C=O) groups is 4. The first-order valence-corrected chi connectivity index (χ1v) is 13.8. The average Bonchev–Trinajstić information content (AvgIpc) is 3.02. The highest BCUT2D eigenvalue weighted by Crippen LogP contribution is 2.26. The zero-order valence-corrected chi connectivity index (χ0v) is 24.7. The van der Waals surface area contributed by atoms with Crippen LogP contribution in [0.4, 0.5) is 0 Å². The van der Waals surface area contributed by atoms with Crippen molar-refractivity contribution in [2.75, 3.05) is 26.4 Å². The van der Waals surface area contributed by atoms with E-state index in [0.717, 1.165) is 17.7 Å². The smallest absolute Gasteiger partial charge is 0.343 e. The topological polar surface area (TPSA) is 124 Å². The Hall–Kier alpha value is -5.38. The summed E-state index contributed by atoms with van der Waals surface area (Å²) in [5, 5.41) is 0. The second kappa shape index (κ2) is 16.9. The molecule has 10 heteroatoms. The van der Waals surface area contributed by atoms with E-state index in [9.17, 15) is 19.2 Å². The summed E-state index contributed by atoms with van der Waals surface area (Å²) in [6, 6.07) is 16.1. The van der Waals surface area contributed by atoms with Crippen molar-refractivity contribution >= 4 is 23.9 Å². The Balaban J connectivity index is 1.48. The van der Waals surface area contributed by atoms with Crippen molar-refractivity contribution in [1.29, 1.82) is 0 Å². The van der Waals surface area contributed by atoms with Gasteiger partial charge in [0, 0.05) is 25.0 Å². The number of aryl methyl sites for hydroxylation is 2. The molecule has 0 unspecified atom stereocenters. The van der Waals surface area contributed by atoms with Crippen molar-refractivity contribution in [1.82, 2.24) is 0 Å². The molecule has 3 aromatic carbocycles. The van der Waals surface area contributed by atoms with Crippen LogP contribution in [0.5, 0.6) is 23.0 Å². The van der Waals surface area contributed by atoms with Crippen molar-refractivity contribution in [3.05, 3.63) is 108 Å². The third-order valence-electron chi connectivity index (χ3n) is 5.99. The van der Waals surface area contributed by atoms with Gasteiger partial charge < -0.3 is 28.4 Å². The van der Waals surface area contributed by atoms with E-state index in [1.807, 2.05) is 6.92 Å². The van der Waals surface area contributed by atoms with Gasteiger partial charge in [0.25, 0.3) is 0 Å². The molecule has 0 amide bonds. The standard InChI is InChI=1S/C34H34O10/c1-5-31(35)41-19-7-17-39-27-12-9-25(10-13-27)33(37)43-28-14-16-30(24(4)22-28)44-34(38)26-11-15-29(23(3)21-26)40-18-8-20-42-32(36)6-2/h5-6,9-16,21-22H,1-2,7-8,17-20H2,3-4H3. The number of benzene rings is 3. The lowest BCUT2D eigenvalue weighted by Crippen LogP contribution is -2.11. The molecule has 0 aliphatic heterocycles. The first-order valence-electron chi connectivity index (χ1n) is 13.8. The molecule has 0 spiro atoms. The Morgan fingerprint density at radius 3 is 1.70 bits per heavy atom. The van der Waals surface area contributed by atoms with Gasteiger partial charge in [-0.1, -0.05) is 13.2 Å². The highest BCUT2D eigenvalue weighted by molar-refractivity contribution is 5.92. The second-order valence-corrected chi connectivity index (χ2v) is 9.36. The number of carbonyl (C=O) groups excluding carboxylic acids is 4. The van der Waals surface area contributed by atoms with E-state index in [2.05, 4.69) is 13.2 Å². The molecule has 44 heavy (non-hydrogen) atoms. The zero-order chi connectivity index (χ0) is 31.9. The minimum atomic E-state index is -0.562. The summed E-state index contributed by atoms with van der Waals surface area (Å²) >= 11 is 0. The van der Waals surface area contributed by atoms with E-state index in [1.54, 1.807) is 67.6 Å². The van der Waals surface area contributed by atoms with E-state index in [0.29, 0.717) is 65.7 Å². The van der Waals surface area contributed by atoms with Crippen LogP contribution in [0.15, 0.2) is 86.0 Å². The molecular formula is C34H34O10. The maximum absolute atomic E-state index is 12.8. The van der Waals surface area contributed by atoms with Crippen LogP contribution in [-0.2, 0) is 19.1 Å². The first kappa shape index (κ1) is 33.1.